The van der Waals surface area contributed by atoms with Crippen LogP contribution in [0.4, 0.5) is 5.69 Å². The largest absolute Gasteiger partial charge is 0.368 e. The van der Waals surface area contributed by atoms with Gasteiger partial charge in [0.05, 0.1) is 6.04 Å². The van der Waals surface area contributed by atoms with Crippen LogP contribution in [-0.2, 0) is 11.3 Å². The van der Waals surface area contributed by atoms with Crippen LogP contribution in [0.1, 0.15) is 28.9 Å². The third kappa shape index (κ3) is 3.71. The van der Waals surface area contributed by atoms with Crippen LogP contribution in [0, 0.1) is 0 Å². The number of H-pyrrole nitrogens is 1. The molecule has 0 saturated carbocycles. The number of primary amides is 1. The Hall–Kier alpha value is -3.12. The number of benzene rings is 2. The Morgan fingerprint density at radius 1 is 1.15 bits per heavy atom. The number of aromatic amines is 1. The summed E-state index contributed by atoms with van der Waals surface area (Å²) in [6.45, 7) is 1.50. The predicted molar refractivity (Wildman–Crippen MR) is 105 cm³/mol. The maximum Gasteiger partial charge on any atom is 0.272 e. The number of fused-ring (bicyclic) bond motifs is 1. The van der Waals surface area contributed by atoms with E-state index in [2.05, 4.69) is 15.2 Å². The molecular formula is C21H22N4O2. The minimum absolute atomic E-state index is 0.181. The molecule has 2 amide bonds. The van der Waals surface area contributed by atoms with Gasteiger partial charge in [0.15, 0.2) is 0 Å². The summed E-state index contributed by atoms with van der Waals surface area (Å²) in [6, 6.07) is 17.1. The quantitative estimate of drug-likeness (QED) is 0.652. The number of hydrogen-bond donors (Lipinski definition) is 3. The van der Waals surface area contributed by atoms with E-state index in [1.165, 1.54) is 0 Å². The van der Waals surface area contributed by atoms with E-state index in [9.17, 15) is 9.59 Å². The lowest BCUT2D eigenvalue weighted by molar-refractivity contribution is -0.122. The highest BCUT2D eigenvalue weighted by Crippen LogP contribution is 2.22. The third-order valence-corrected chi connectivity index (χ3v) is 5.04. The molecule has 2 heterocycles. The molecule has 0 spiro atoms. The molecule has 3 aromatic rings. The summed E-state index contributed by atoms with van der Waals surface area (Å²) >= 11 is 0. The van der Waals surface area contributed by atoms with Crippen LogP contribution >= 0.6 is 0 Å². The molecule has 0 bridgehead atoms. The molecule has 4 rings (SSSR count). The van der Waals surface area contributed by atoms with Gasteiger partial charge in [-0.1, -0.05) is 30.3 Å². The second-order valence-electron chi connectivity index (χ2n) is 6.96. The lowest BCUT2D eigenvalue weighted by Gasteiger charge is -2.22. The molecule has 1 aliphatic heterocycles. The van der Waals surface area contributed by atoms with Gasteiger partial charge in [0.2, 0.25) is 5.91 Å². The Kier molecular flexibility index (Phi) is 4.64. The Morgan fingerprint density at radius 3 is 2.81 bits per heavy atom. The van der Waals surface area contributed by atoms with Gasteiger partial charge in [-0.25, -0.2) is 0 Å². The van der Waals surface area contributed by atoms with Crippen LogP contribution in [0.5, 0.6) is 0 Å². The fourth-order valence-electron chi connectivity index (χ4n) is 3.71. The Bertz CT molecular complexity index is 962. The second-order valence-corrected chi connectivity index (χ2v) is 6.96. The van der Waals surface area contributed by atoms with E-state index in [0.29, 0.717) is 12.2 Å². The summed E-state index contributed by atoms with van der Waals surface area (Å²) in [5.41, 5.74) is 8.72. The van der Waals surface area contributed by atoms with Crippen molar-refractivity contribution < 1.29 is 9.59 Å². The molecule has 1 aromatic heterocycles. The standard InChI is InChI=1S/C21H22N4O2/c22-20(26)19-9-4-10-25(19)13-14-5-3-7-16(11-14)23-21(27)18-12-15-6-1-2-8-17(15)24-18/h1-3,5-8,11-12,19,24H,4,9-10,13H2,(H2,22,26)(H,23,27). The highest BCUT2D eigenvalue weighted by molar-refractivity contribution is 6.05. The number of anilines is 1. The summed E-state index contributed by atoms with van der Waals surface area (Å²) in [5, 5.41) is 3.94. The van der Waals surface area contributed by atoms with Gasteiger partial charge < -0.3 is 16.0 Å². The van der Waals surface area contributed by atoms with Gasteiger partial charge in [0.1, 0.15) is 5.69 Å². The number of para-hydroxylation sites is 1. The lowest BCUT2D eigenvalue weighted by Crippen LogP contribution is -2.39. The van der Waals surface area contributed by atoms with Crippen molar-refractivity contribution in [3.05, 3.63) is 65.9 Å². The fraction of sp³-hybridized carbons (Fsp3) is 0.238. The average molecular weight is 362 g/mol. The van der Waals surface area contributed by atoms with Gasteiger partial charge in [-0.15, -0.1) is 0 Å². The van der Waals surface area contributed by atoms with Crippen LogP contribution in [0.25, 0.3) is 10.9 Å². The molecule has 1 atom stereocenters. The van der Waals surface area contributed by atoms with Crippen molar-refractivity contribution in [1.29, 1.82) is 0 Å². The van der Waals surface area contributed by atoms with Gasteiger partial charge in [0, 0.05) is 23.1 Å². The minimum atomic E-state index is -0.268. The van der Waals surface area contributed by atoms with Gasteiger partial charge in [-0.3, -0.25) is 14.5 Å². The molecule has 138 valence electrons. The molecule has 0 aliphatic carbocycles. The first kappa shape index (κ1) is 17.3. The van der Waals surface area contributed by atoms with E-state index in [1.807, 2.05) is 54.6 Å². The molecular weight excluding hydrogens is 340 g/mol. The van der Waals surface area contributed by atoms with Crippen LogP contribution in [0.15, 0.2) is 54.6 Å². The number of carbonyl (C=O) groups excluding carboxylic acids is 2. The zero-order valence-electron chi connectivity index (χ0n) is 14.9. The summed E-state index contributed by atoms with van der Waals surface area (Å²) in [4.78, 5) is 29.4. The van der Waals surface area contributed by atoms with Gasteiger partial charge in [-0.05, 0) is 49.2 Å². The molecule has 6 nitrogen and oxygen atoms in total. The number of hydrogen-bond acceptors (Lipinski definition) is 3. The number of aromatic nitrogens is 1. The second kappa shape index (κ2) is 7.25. The van der Waals surface area contributed by atoms with Crippen LogP contribution < -0.4 is 11.1 Å². The SMILES string of the molecule is NC(=O)C1CCCN1Cc1cccc(NC(=O)c2cc3ccccc3[nH]2)c1. The third-order valence-electron chi connectivity index (χ3n) is 5.04. The van der Waals surface area contributed by atoms with E-state index in [0.717, 1.165) is 41.5 Å². The van der Waals surface area contributed by atoms with Crippen LogP contribution in [0.2, 0.25) is 0 Å². The average Bonchev–Trinajstić information content (AvgIpc) is 3.28. The summed E-state index contributed by atoms with van der Waals surface area (Å²) in [6.07, 6.45) is 1.79. The highest BCUT2D eigenvalue weighted by atomic mass is 16.2. The maximum atomic E-state index is 12.6. The van der Waals surface area contributed by atoms with Gasteiger partial charge in [0.25, 0.3) is 5.91 Å². The van der Waals surface area contributed by atoms with Crippen molar-refractivity contribution in [3.63, 3.8) is 0 Å². The molecule has 6 heteroatoms. The number of amides is 2. The summed E-state index contributed by atoms with van der Waals surface area (Å²) in [7, 11) is 0. The maximum absolute atomic E-state index is 12.6. The number of rotatable bonds is 5. The number of carbonyl (C=O) groups is 2. The van der Waals surface area contributed by atoms with E-state index in [4.69, 9.17) is 5.73 Å². The first-order valence-electron chi connectivity index (χ1n) is 9.11. The smallest absolute Gasteiger partial charge is 0.272 e. The van der Waals surface area contributed by atoms with Crippen molar-refractivity contribution in [2.75, 3.05) is 11.9 Å². The van der Waals surface area contributed by atoms with Crippen molar-refractivity contribution in [1.82, 2.24) is 9.88 Å². The molecule has 4 N–H and O–H groups in total. The first-order chi connectivity index (χ1) is 13.1. The van der Waals surface area contributed by atoms with Crippen molar-refractivity contribution in [2.45, 2.75) is 25.4 Å². The predicted octanol–water partition coefficient (Wildman–Crippen LogP) is 2.87. The van der Waals surface area contributed by atoms with Gasteiger partial charge in [-0.2, -0.15) is 0 Å². The first-order valence-corrected chi connectivity index (χ1v) is 9.11. The van der Waals surface area contributed by atoms with Crippen molar-refractivity contribution in [3.8, 4) is 0 Å². The zero-order chi connectivity index (χ0) is 18.8. The molecule has 1 saturated heterocycles. The van der Waals surface area contributed by atoms with E-state index in [-0.39, 0.29) is 17.9 Å². The normalized spacial score (nSPS) is 17.3. The minimum Gasteiger partial charge on any atom is -0.368 e. The van der Waals surface area contributed by atoms with E-state index < -0.39 is 0 Å². The highest BCUT2D eigenvalue weighted by Gasteiger charge is 2.28. The molecule has 1 unspecified atom stereocenters. The zero-order valence-corrected chi connectivity index (χ0v) is 14.9. The molecule has 0 radical (unpaired) electrons. The molecule has 1 fully saturated rings. The Morgan fingerprint density at radius 2 is 2.00 bits per heavy atom. The molecule has 2 aromatic carbocycles. The van der Waals surface area contributed by atoms with Gasteiger partial charge >= 0.3 is 0 Å². The van der Waals surface area contributed by atoms with E-state index in [1.54, 1.807) is 0 Å². The van der Waals surface area contributed by atoms with Crippen molar-refractivity contribution >= 4 is 28.4 Å². The summed E-state index contributed by atoms with van der Waals surface area (Å²) in [5.74, 6) is -0.449. The van der Waals surface area contributed by atoms with Crippen molar-refractivity contribution in [2.24, 2.45) is 5.73 Å². The topological polar surface area (TPSA) is 91.2 Å². The summed E-state index contributed by atoms with van der Waals surface area (Å²) < 4.78 is 0. The van der Waals surface area contributed by atoms with Crippen LogP contribution in [-0.4, -0.2) is 34.3 Å². The Labute approximate surface area is 157 Å². The number of nitrogens with one attached hydrogen (secondary N) is 2. The number of nitrogens with two attached hydrogens (primary N) is 1. The van der Waals surface area contributed by atoms with Crippen LogP contribution in [0.3, 0.4) is 0 Å². The molecule has 27 heavy (non-hydrogen) atoms. The fourth-order valence-corrected chi connectivity index (χ4v) is 3.71. The monoisotopic (exact) mass is 362 g/mol. The Balaban J connectivity index is 1.47. The number of nitrogens with zero attached hydrogens (tertiary/aromatic N) is 1. The lowest BCUT2D eigenvalue weighted by atomic mass is 10.1. The van der Waals surface area contributed by atoms with E-state index >= 15 is 0 Å². The molecule has 1 aliphatic rings. The number of likely N-dealkylation sites (tertiary alicyclic amines) is 1.